The molecular weight excluding hydrogens is 236 g/mol. The van der Waals surface area contributed by atoms with Gasteiger partial charge in [-0.05, 0) is 31.8 Å². The molecule has 0 fully saturated rings. The van der Waals surface area contributed by atoms with Crippen LogP contribution in [0.4, 0.5) is 5.69 Å². The Kier molecular flexibility index (Phi) is 5.45. The number of hydrogen-bond donors (Lipinski definition) is 1. The second kappa shape index (κ2) is 6.62. The molecule has 0 radical (unpaired) electrons. The molecule has 17 heavy (non-hydrogen) atoms. The highest BCUT2D eigenvalue weighted by Crippen LogP contribution is 2.12. The highest BCUT2D eigenvalue weighted by molar-refractivity contribution is 6.19. The number of alkyl halides is 1. The summed E-state index contributed by atoms with van der Waals surface area (Å²) in [6, 6.07) is 7.86. The molecule has 1 aromatic rings. The smallest absolute Gasteiger partial charge is 0.228 e. The fourth-order valence-electron chi connectivity index (χ4n) is 1.39. The van der Waals surface area contributed by atoms with Crippen LogP contribution < -0.4 is 5.32 Å². The van der Waals surface area contributed by atoms with E-state index in [4.69, 9.17) is 11.6 Å². The number of halogens is 1. The van der Waals surface area contributed by atoms with E-state index in [-0.39, 0.29) is 11.8 Å². The molecule has 0 saturated heterocycles. The fraction of sp³-hybridized carbons (Fsp3) is 0.462. The van der Waals surface area contributed by atoms with Crippen LogP contribution in [0.25, 0.3) is 0 Å². The molecule has 1 unspecified atom stereocenters. The van der Waals surface area contributed by atoms with E-state index in [0.29, 0.717) is 5.88 Å². The third-order valence-electron chi connectivity index (χ3n) is 2.40. The summed E-state index contributed by atoms with van der Waals surface area (Å²) >= 11 is 5.63. The number of nitrogens with zero attached hydrogens (tertiary/aromatic N) is 1. The summed E-state index contributed by atoms with van der Waals surface area (Å²) in [5, 5.41) is 2.84. The monoisotopic (exact) mass is 254 g/mol. The molecule has 0 heterocycles. The zero-order valence-electron chi connectivity index (χ0n) is 10.5. The third-order valence-corrected chi connectivity index (χ3v) is 2.86. The van der Waals surface area contributed by atoms with Gasteiger partial charge in [-0.2, -0.15) is 0 Å². The molecule has 1 N–H and O–H groups in total. The topological polar surface area (TPSA) is 32.3 Å². The molecule has 0 aliphatic heterocycles. The van der Waals surface area contributed by atoms with Crippen molar-refractivity contribution in [1.82, 2.24) is 4.90 Å². The number of carbonyl (C=O) groups is 1. The average Bonchev–Trinajstić information content (AvgIpc) is 2.30. The van der Waals surface area contributed by atoms with Crippen molar-refractivity contribution in [2.75, 3.05) is 25.3 Å². The summed E-state index contributed by atoms with van der Waals surface area (Å²) in [7, 11) is 4.05. The van der Waals surface area contributed by atoms with Crippen LogP contribution in [-0.2, 0) is 11.3 Å². The minimum atomic E-state index is -0.168. The minimum absolute atomic E-state index is 0.0413. The number of benzene rings is 1. The molecule has 0 saturated carbocycles. The Morgan fingerprint density at radius 2 is 1.94 bits per heavy atom. The maximum Gasteiger partial charge on any atom is 0.228 e. The zero-order valence-corrected chi connectivity index (χ0v) is 11.3. The standard InChI is InChI=1S/C13H19ClN2O/c1-10(8-14)13(17)15-12-6-4-11(5-7-12)9-16(2)3/h4-7,10H,8-9H2,1-3H3,(H,15,17). The van der Waals surface area contributed by atoms with Crippen LogP contribution in [0.1, 0.15) is 12.5 Å². The molecule has 0 aliphatic carbocycles. The molecule has 3 nitrogen and oxygen atoms in total. The molecule has 1 atom stereocenters. The van der Waals surface area contributed by atoms with Crippen LogP contribution in [0.5, 0.6) is 0 Å². The van der Waals surface area contributed by atoms with Crippen LogP contribution in [0, 0.1) is 5.92 Å². The van der Waals surface area contributed by atoms with Crippen LogP contribution in [0.15, 0.2) is 24.3 Å². The maximum absolute atomic E-state index is 11.6. The molecule has 1 rings (SSSR count). The predicted molar refractivity (Wildman–Crippen MR) is 72.3 cm³/mol. The first kappa shape index (κ1) is 14.0. The third kappa shape index (κ3) is 4.75. The molecule has 1 aromatic carbocycles. The van der Waals surface area contributed by atoms with E-state index in [9.17, 15) is 4.79 Å². The zero-order chi connectivity index (χ0) is 12.8. The minimum Gasteiger partial charge on any atom is -0.326 e. The lowest BCUT2D eigenvalue weighted by Crippen LogP contribution is -2.21. The predicted octanol–water partition coefficient (Wildman–Crippen LogP) is 2.56. The van der Waals surface area contributed by atoms with Gasteiger partial charge in [0.05, 0.1) is 0 Å². The molecule has 0 aromatic heterocycles. The van der Waals surface area contributed by atoms with Crippen molar-refractivity contribution in [3.8, 4) is 0 Å². The van der Waals surface area contributed by atoms with Gasteiger partial charge in [-0.15, -0.1) is 11.6 Å². The van der Waals surface area contributed by atoms with Crippen molar-refractivity contribution < 1.29 is 4.79 Å². The van der Waals surface area contributed by atoms with Gasteiger partial charge in [0.2, 0.25) is 5.91 Å². The number of hydrogen-bond acceptors (Lipinski definition) is 2. The van der Waals surface area contributed by atoms with Crippen LogP contribution >= 0.6 is 11.6 Å². The summed E-state index contributed by atoms with van der Waals surface area (Å²) < 4.78 is 0. The Balaban J connectivity index is 2.59. The second-order valence-electron chi connectivity index (χ2n) is 4.48. The van der Waals surface area contributed by atoms with Gasteiger partial charge in [-0.3, -0.25) is 4.79 Å². The number of amides is 1. The molecule has 0 aliphatic rings. The highest BCUT2D eigenvalue weighted by atomic mass is 35.5. The lowest BCUT2D eigenvalue weighted by Gasteiger charge is -2.12. The van der Waals surface area contributed by atoms with Gasteiger partial charge in [0.15, 0.2) is 0 Å². The van der Waals surface area contributed by atoms with E-state index in [1.807, 2.05) is 45.3 Å². The van der Waals surface area contributed by atoms with E-state index in [2.05, 4.69) is 10.2 Å². The van der Waals surface area contributed by atoms with Gasteiger partial charge in [-0.1, -0.05) is 19.1 Å². The lowest BCUT2D eigenvalue weighted by molar-refractivity contribution is -0.118. The first-order valence-corrected chi connectivity index (χ1v) is 6.17. The average molecular weight is 255 g/mol. The van der Waals surface area contributed by atoms with Crippen molar-refractivity contribution in [2.24, 2.45) is 5.92 Å². The van der Waals surface area contributed by atoms with E-state index < -0.39 is 0 Å². The number of rotatable bonds is 5. The van der Waals surface area contributed by atoms with E-state index in [1.165, 1.54) is 5.56 Å². The van der Waals surface area contributed by atoms with Crippen molar-refractivity contribution in [2.45, 2.75) is 13.5 Å². The maximum atomic E-state index is 11.6. The molecule has 0 spiro atoms. The molecule has 4 heteroatoms. The van der Waals surface area contributed by atoms with Crippen molar-refractivity contribution in [3.05, 3.63) is 29.8 Å². The van der Waals surface area contributed by atoms with Crippen molar-refractivity contribution >= 4 is 23.2 Å². The molecule has 1 amide bonds. The van der Waals surface area contributed by atoms with Gasteiger partial charge >= 0.3 is 0 Å². The second-order valence-corrected chi connectivity index (χ2v) is 4.79. The van der Waals surface area contributed by atoms with Gasteiger partial charge in [-0.25, -0.2) is 0 Å². The van der Waals surface area contributed by atoms with E-state index >= 15 is 0 Å². The van der Waals surface area contributed by atoms with E-state index in [0.717, 1.165) is 12.2 Å². The first-order valence-electron chi connectivity index (χ1n) is 5.63. The van der Waals surface area contributed by atoms with Crippen LogP contribution in [-0.4, -0.2) is 30.8 Å². The molecule has 94 valence electrons. The van der Waals surface area contributed by atoms with Gasteiger partial charge < -0.3 is 10.2 Å². The molecule has 0 bridgehead atoms. The lowest BCUT2D eigenvalue weighted by atomic mass is 10.1. The summed E-state index contributed by atoms with van der Waals surface area (Å²) in [6.45, 7) is 2.70. The summed E-state index contributed by atoms with van der Waals surface area (Å²) in [5.41, 5.74) is 2.04. The largest absolute Gasteiger partial charge is 0.326 e. The van der Waals surface area contributed by atoms with Crippen molar-refractivity contribution in [1.29, 1.82) is 0 Å². The van der Waals surface area contributed by atoms with E-state index in [1.54, 1.807) is 0 Å². The Morgan fingerprint density at radius 1 is 1.35 bits per heavy atom. The highest BCUT2D eigenvalue weighted by Gasteiger charge is 2.11. The van der Waals surface area contributed by atoms with Crippen molar-refractivity contribution in [3.63, 3.8) is 0 Å². The van der Waals surface area contributed by atoms with Gasteiger partial charge in [0.1, 0.15) is 0 Å². The summed E-state index contributed by atoms with van der Waals surface area (Å²) in [5.74, 6) is 0.128. The number of anilines is 1. The number of nitrogens with one attached hydrogen (secondary N) is 1. The summed E-state index contributed by atoms with van der Waals surface area (Å²) in [4.78, 5) is 13.7. The Hall–Kier alpha value is -1.06. The Labute approximate surface area is 108 Å². The fourth-order valence-corrected chi connectivity index (χ4v) is 1.53. The van der Waals surface area contributed by atoms with Gasteiger partial charge in [0.25, 0.3) is 0 Å². The normalized spacial score (nSPS) is 12.5. The first-order chi connectivity index (χ1) is 8.02. The quantitative estimate of drug-likeness (QED) is 0.819. The van der Waals surface area contributed by atoms with Gasteiger partial charge in [0, 0.05) is 24.0 Å². The van der Waals surface area contributed by atoms with Crippen LogP contribution in [0.3, 0.4) is 0 Å². The Bertz CT molecular complexity index is 362. The van der Waals surface area contributed by atoms with Crippen LogP contribution in [0.2, 0.25) is 0 Å². The SMILES string of the molecule is CC(CCl)C(=O)Nc1ccc(CN(C)C)cc1. The number of carbonyl (C=O) groups excluding carboxylic acids is 1. The Morgan fingerprint density at radius 3 is 2.41 bits per heavy atom. The summed E-state index contributed by atoms with van der Waals surface area (Å²) in [6.07, 6.45) is 0. The molecular formula is C13H19ClN2O.